The van der Waals surface area contributed by atoms with Crippen LogP contribution in [0.1, 0.15) is 40.1 Å². The molecule has 1 aromatic carbocycles. The van der Waals surface area contributed by atoms with Crippen molar-refractivity contribution in [1.82, 2.24) is 5.32 Å². The molecule has 1 aliphatic rings. The number of nitrogens with one attached hydrogen (secondary N) is 3. The van der Waals surface area contributed by atoms with E-state index in [-0.39, 0.29) is 26.3 Å². The fourth-order valence-corrected chi connectivity index (χ4v) is 5.14. The summed E-state index contributed by atoms with van der Waals surface area (Å²) in [5.41, 5.74) is 1.07. The summed E-state index contributed by atoms with van der Waals surface area (Å²) in [4.78, 5) is 48.8. The van der Waals surface area contributed by atoms with Crippen LogP contribution in [0.2, 0.25) is 10.0 Å². The number of carbonyl (C=O) groups excluding carboxylic acids is 2. The van der Waals surface area contributed by atoms with E-state index in [4.69, 9.17) is 28.3 Å². The first kappa shape index (κ1) is 23.8. The first-order valence-corrected chi connectivity index (χ1v) is 11.2. The molecule has 9 nitrogen and oxygen atoms in total. The highest BCUT2D eigenvalue weighted by atomic mass is 35.5. The van der Waals surface area contributed by atoms with Crippen LogP contribution in [-0.4, -0.2) is 40.1 Å². The molecule has 170 valence electrons. The molecule has 0 saturated heterocycles. The van der Waals surface area contributed by atoms with Crippen LogP contribution in [0.25, 0.3) is 0 Å². The van der Waals surface area contributed by atoms with Crippen LogP contribution in [0.15, 0.2) is 18.2 Å². The fraction of sp³-hybridized carbons (Fsp3) is 0.300. The third kappa shape index (κ3) is 5.50. The van der Waals surface area contributed by atoms with E-state index in [1.165, 1.54) is 11.3 Å². The van der Waals surface area contributed by atoms with Gasteiger partial charge in [0, 0.05) is 4.88 Å². The number of carboxylic acid groups (broad SMARTS) is 2. The summed E-state index contributed by atoms with van der Waals surface area (Å²) in [6.07, 6.45) is 2.29. The molecule has 5 N–H and O–H groups in total. The van der Waals surface area contributed by atoms with E-state index in [0.29, 0.717) is 6.42 Å². The van der Waals surface area contributed by atoms with Crippen molar-refractivity contribution in [2.45, 2.75) is 38.1 Å². The van der Waals surface area contributed by atoms with E-state index >= 15 is 0 Å². The Balaban J connectivity index is 1.87. The van der Waals surface area contributed by atoms with E-state index < -0.39 is 36.3 Å². The number of hydrogen-bond acceptors (Lipinski definition) is 5. The van der Waals surface area contributed by atoms with Gasteiger partial charge in [-0.3, -0.25) is 14.9 Å². The minimum atomic E-state index is -1.61. The first-order chi connectivity index (χ1) is 15.2. The largest absolute Gasteiger partial charge is 0.481 e. The molecule has 3 rings (SSSR count). The maximum atomic E-state index is 13.0. The molecular weight excluding hydrogens is 481 g/mol. The van der Waals surface area contributed by atoms with Gasteiger partial charge in [0.2, 0.25) is 0 Å². The predicted molar refractivity (Wildman–Crippen MR) is 121 cm³/mol. The van der Waals surface area contributed by atoms with Gasteiger partial charge in [0.25, 0.3) is 5.91 Å². The van der Waals surface area contributed by atoms with Crippen molar-refractivity contribution in [1.29, 1.82) is 0 Å². The molecule has 1 aromatic heterocycles. The third-order valence-electron chi connectivity index (χ3n) is 4.81. The molecule has 0 spiro atoms. The lowest BCUT2D eigenvalue weighted by molar-refractivity contribution is -0.145. The van der Waals surface area contributed by atoms with Crippen molar-refractivity contribution < 1.29 is 29.4 Å². The number of carboxylic acids is 2. The molecule has 0 radical (unpaired) electrons. The zero-order chi connectivity index (χ0) is 23.4. The Hall–Kier alpha value is -2.82. The third-order valence-corrected chi connectivity index (χ3v) is 6.65. The number of thiophene rings is 1. The minimum absolute atomic E-state index is 0.141. The minimum Gasteiger partial charge on any atom is -0.481 e. The Morgan fingerprint density at radius 2 is 1.69 bits per heavy atom. The Kier molecular flexibility index (Phi) is 7.60. The Morgan fingerprint density at radius 1 is 1.03 bits per heavy atom. The maximum absolute atomic E-state index is 13.0. The highest BCUT2D eigenvalue weighted by molar-refractivity contribution is 7.17. The molecule has 1 atom stereocenters. The Labute approximate surface area is 196 Å². The van der Waals surface area contributed by atoms with Crippen LogP contribution < -0.4 is 16.0 Å². The molecule has 2 aromatic rings. The number of aryl methyl sites for hydroxylation is 1. The van der Waals surface area contributed by atoms with Gasteiger partial charge in [0.15, 0.2) is 0 Å². The SMILES string of the molecule is O=C(O)C[C@H](NC(=O)c1c(NC(=O)Nc2c(Cl)cccc2Cl)sc2c1CCCC2)C(=O)O. The number of rotatable bonds is 7. The molecule has 1 heterocycles. The monoisotopic (exact) mass is 499 g/mol. The Morgan fingerprint density at radius 3 is 2.31 bits per heavy atom. The zero-order valence-electron chi connectivity index (χ0n) is 16.5. The molecule has 0 bridgehead atoms. The molecule has 1 aliphatic carbocycles. The van der Waals surface area contributed by atoms with Gasteiger partial charge in [0.05, 0.1) is 27.7 Å². The van der Waals surface area contributed by atoms with Crippen molar-refractivity contribution in [2.24, 2.45) is 0 Å². The van der Waals surface area contributed by atoms with E-state index in [9.17, 15) is 24.3 Å². The fourth-order valence-electron chi connectivity index (χ4n) is 3.36. The molecule has 0 unspecified atom stereocenters. The van der Waals surface area contributed by atoms with E-state index in [2.05, 4.69) is 16.0 Å². The highest BCUT2D eigenvalue weighted by Gasteiger charge is 2.30. The second-order valence-electron chi connectivity index (χ2n) is 7.05. The van der Waals surface area contributed by atoms with Crippen LogP contribution >= 0.6 is 34.5 Å². The van der Waals surface area contributed by atoms with Gasteiger partial charge in [-0.15, -0.1) is 11.3 Å². The summed E-state index contributed by atoms with van der Waals surface area (Å²) in [6, 6.07) is 2.44. The van der Waals surface area contributed by atoms with E-state index in [1.54, 1.807) is 18.2 Å². The number of aliphatic carboxylic acids is 2. The quantitative estimate of drug-likeness (QED) is 0.385. The number of halogens is 2. The van der Waals surface area contributed by atoms with Gasteiger partial charge in [-0.1, -0.05) is 29.3 Å². The maximum Gasteiger partial charge on any atom is 0.326 e. The molecule has 0 fully saturated rings. The van der Waals surface area contributed by atoms with Crippen molar-refractivity contribution in [2.75, 3.05) is 10.6 Å². The number of anilines is 2. The number of hydrogen-bond donors (Lipinski definition) is 5. The zero-order valence-corrected chi connectivity index (χ0v) is 18.9. The van der Waals surface area contributed by atoms with Crippen molar-refractivity contribution in [3.63, 3.8) is 0 Å². The van der Waals surface area contributed by atoms with Gasteiger partial charge in [0.1, 0.15) is 11.0 Å². The molecule has 32 heavy (non-hydrogen) atoms. The first-order valence-electron chi connectivity index (χ1n) is 9.59. The number of carbonyl (C=O) groups is 4. The topological polar surface area (TPSA) is 145 Å². The summed E-state index contributed by atoms with van der Waals surface area (Å²) in [7, 11) is 0. The van der Waals surface area contributed by atoms with Crippen molar-refractivity contribution in [3.8, 4) is 0 Å². The van der Waals surface area contributed by atoms with Gasteiger partial charge >= 0.3 is 18.0 Å². The van der Waals surface area contributed by atoms with Gasteiger partial charge < -0.3 is 20.8 Å². The normalized spacial score (nSPS) is 13.6. The number of fused-ring (bicyclic) bond motifs is 1. The summed E-state index contributed by atoms with van der Waals surface area (Å²) >= 11 is 13.4. The smallest absolute Gasteiger partial charge is 0.326 e. The van der Waals surface area contributed by atoms with Gasteiger partial charge in [-0.05, 0) is 43.4 Å². The predicted octanol–water partition coefficient (Wildman–Crippen LogP) is 4.24. The summed E-state index contributed by atoms with van der Waals surface area (Å²) in [6.45, 7) is 0. The number of benzene rings is 1. The van der Waals surface area contributed by atoms with Crippen LogP contribution in [0.5, 0.6) is 0 Å². The molecular formula is C20H19Cl2N3O6S. The average Bonchev–Trinajstić information content (AvgIpc) is 3.07. The standard InChI is InChI=1S/C20H19Cl2N3O6S/c21-10-5-3-6-11(22)16(10)24-20(31)25-18-15(9-4-1-2-7-13(9)32-18)17(28)23-12(19(29)30)8-14(26)27/h3,5-6,12H,1-2,4,7-8H2,(H,23,28)(H,26,27)(H,29,30)(H2,24,25,31)/t12-/m0/s1. The summed E-state index contributed by atoms with van der Waals surface area (Å²) in [5, 5.41) is 26.3. The van der Waals surface area contributed by atoms with E-state index in [0.717, 1.165) is 29.7 Å². The second kappa shape index (κ2) is 10.2. The molecule has 12 heteroatoms. The van der Waals surface area contributed by atoms with Crippen molar-refractivity contribution >= 4 is 69.1 Å². The number of amides is 3. The molecule has 0 saturated carbocycles. The summed E-state index contributed by atoms with van der Waals surface area (Å²) < 4.78 is 0. The van der Waals surface area contributed by atoms with E-state index in [1.807, 2.05) is 0 Å². The lowest BCUT2D eigenvalue weighted by Gasteiger charge is -2.16. The second-order valence-corrected chi connectivity index (χ2v) is 8.97. The summed E-state index contributed by atoms with van der Waals surface area (Å²) in [5.74, 6) is -3.59. The lowest BCUT2D eigenvalue weighted by Crippen LogP contribution is -2.42. The van der Waals surface area contributed by atoms with Crippen LogP contribution in [-0.2, 0) is 22.4 Å². The van der Waals surface area contributed by atoms with Crippen LogP contribution in [0, 0.1) is 0 Å². The van der Waals surface area contributed by atoms with Gasteiger partial charge in [-0.2, -0.15) is 0 Å². The Bertz CT molecular complexity index is 1070. The van der Waals surface area contributed by atoms with Crippen LogP contribution in [0.4, 0.5) is 15.5 Å². The van der Waals surface area contributed by atoms with Crippen LogP contribution in [0.3, 0.4) is 0 Å². The van der Waals surface area contributed by atoms with Gasteiger partial charge in [-0.25, -0.2) is 9.59 Å². The average molecular weight is 500 g/mol. The molecule has 3 amide bonds. The number of urea groups is 1. The molecule has 0 aliphatic heterocycles. The number of para-hydroxylation sites is 1. The van der Waals surface area contributed by atoms with Crippen molar-refractivity contribution in [3.05, 3.63) is 44.2 Å². The highest BCUT2D eigenvalue weighted by Crippen LogP contribution is 2.38. The lowest BCUT2D eigenvalue weighted by atomic mass is 9.95.